The average molecular weight is 226 g/mol. The van der Waals surface area contributed by atoms with Crippen LogP contribution < -0.4 is 0 Å². The van der Waals surface area contributed by atoms with Gasteiger partial charge in [-0.2, -0.15) is 0 Å². The van der Waals surface area contributed by atoms with Gasteiger partial charge in [0.2, 0.25) is 5.75 Å². The highest BCUT2D eigenvalue weighted by atomic mass is 79.9. The molecule has 0 aromatic heterocycles. The van der Waals surface area contributed by atoms with Crippen LogP contribution in [-0.2, 0) is 15.9 Å². The highest BCUT2D eigenvalue weighted by molar-refractivity contribution is 9.09. The summed E-state index contributed by atoms with van der Waals surface area (Å²) in [5.74, 6) is 0.786. The summed E-state index contributed by atoms with van der Waals surface area (Å²) < 4.78 is 9.93. The van der Waals surface area contributed by atoms with E-state index in [9.17, 15) is 4.21 Å². The molecule has 0 N–H and O–H groups in total. The van der Waals surface area contributed by atoms with Gasteiger partial charge in [-0.25, -0.2) is 0 Å². The molecule has 1 nitrogen and oxygen atoms in total. The van der Waals surface area contributed by atoms with Gasteiger partial charge in [0.25, 0.3) is 0 Å². The molecule has 60 valence electrons. The molecule has 0 bridgehead atoms. The normalized spacial score (nSPS) is 9.70. The van der Waals surface area contributed by atoms with Gasteiger partial charge in [-0.05, 0) is 12.8 Å². The van der Waals surface area contributed by atoms with Crippen LogP contribution in [0.5, 0.6) is 0 Å². The number of hydrogen-bond donors (Lipinski definition) is 0. The van der Waals surface area contributed by atoms with Crippen molar-refractivity contribution in [1.82, 2.24) is 0 Å². The van der Waals surface area contributed by atoms with E-state index in [1.54, 1.807) is 0 Å². The zero-order chi connectivity index (χ0) is 7.66. The Balaban J connectivity index is 2.70. The smallest absolute Gasteiger partial charge is 0.0928 e. The zero-order valence-electron chi connectivity index (χ0n) is 6.14. The number of alkyl halides is 1. The minimum atomic E-state index is 0.706. The summed E-state index contributed by atoms with van der Waals surface area (Å²) in [5, 5.41) is 1.11. The molecule has 0 radical (unpaired) electrons. The second-order valence-electron chi connectivity index (χ2n) is 2.28. The van der Waals surface area contributed by atoms with Crippen LogP contribution in [0.15, 0.2) is 0 Å². The molecule has 0 atom stereocenters. The SMILES string of the molecule is O=[S+]CCCCCCCBr. The first kappa shape index (κ1) is 10.5. The molecule has 0 unspecified atom stereocenters. The van der Waals surface area contributed by atoms with E-state index in [4.69, 9.17) is 0 Å². The zero-order valence-corrected chi connectivity index (χ0v) is 8.55. The first-order valence-corrected chi connectivity index (χ1v) is 5.75. The Morgan fingerprint density at radius 1 is 1.00 bits per heavy atom. The van der Waals surface area contributed by atoms with Crippen molar-refractivity contribution >= 4 is 27.6 Å². The monoisotopic (exact) mass is 225 g/mol. The quantitative estimate of drug-likeness (QED) is 0.370. The number of hydrogen-bond acceptors (Lipinski definition) is 1. The first-order valence-electron chi connectivity index (χ1n) is 3.72. The lowest BCUT2D eigenvalue weighted by Gasteiger charge is -1.93. The van der Waals surface area contributed by atoms with Crippen molar-refractivity contribution in [2.75, 3.05) is 11.1 Å². The summed E-state index contributed by atoms with van der Waals surface area (Å²) in [6.07, 6.45) is 6.17. The average Bonchev–Trinajstić information content (AvgIpc) is 1.97. The fraction of sp³-hybridized carbons (Fsp3) is 1.00. The molecule has 0 saturated heterocycles. The van der Waals surface area contributed by atoms with Gasteiger partial charge in [0.1, 0.15) is 0 Å². The molecule has 0 aliphatic heterocycles. The van der Waals surface area contributed by atoms with Crippen molar-refractivity contribution in [3.63, 3.8) is 0 Å². The maximum absolute atomic E-state index is 9.93. The van der Waals surface area contributed by atoms with E-state index in [0.717, 1.165) is 17.5 Å². The van der Waals surface area contributed by atoms with E-state index in [-0.39, 0.29) is 0 Å². The standard InChI is InChI=1S/C7H14BrOS/c8-6-4-2-1-3-5-7-10-9/h1-7H2/q+1. The van der Waals surface area contributed by atoms with Crippen molar-refractivity contribution < 1.29 is 4.21 Å². The van der Waals surface area contributed by atoms with Gasteiger partial charge < -0.3 is 0 Å². The maximum Gasteiger partial charge on any atom is 0.458 e. The maximum atomic E-state index is 9.93. The number of halogens is 1. The third kappa shape index (κ3) is 8.50. The largest absolute Gasteiger partial charge is 0.458 e. The predicted octanol–water partition coefficient (Wildman–Crippen LogP) is 2.76. The predicted molar refractivity (Wildman–Crippen MR) is 49.8 cm³/mol. The van der Waals surface area contributed by atoms with Gasteiger partial charge in [-0.15, -0.1) is 0 Å². The van der Waals surface area contributed by atoms with Crippen LogP contribution in [0.25, 0.3) is 0 Å². The molecule has 3 heteroatoms. The molecule has 0 aromatic carbocycles. The third-order valence-electron chi connectivity index (χ3n) is 1.36. The lowest BCUT2D eigenvalue weighted by molar-refractivity contribution is 0.600. The van der Waals surface area contributed by atoms with Gasteiger partial charge in [0.15, 0.2) is 0 Å². The summed E-state index contributed by atoms with van der Waals surface area (Å²) >= 11 is 4.08. The van der Waals surface area contributed by atoms with E-state index in [0.29, 0.717) is 11.7 Å². The molecule has 0 aliphatic carbocycles. The number of unbranched alkanes of at least 4 members (excludes halogenated alkanes) is 4. The van der Waals surface area contributed by atoms with Crippen LogP contribution in [0.2, 0.25) is 0 Å². The number of rotatable bonds is 7. The van der Waals surface area contributed by atoms with E-state index >= 15 is 0 Å². The van der Waals surface area contributed by atoms with Gasteiger partial charge in [-0.3, -0.25) is 0 Å². The topological polar surface area (TPSA) is 17.1 Å². The Morgan fingerprint density at radius 3 is 2.20 bits per heavy atom. The summed E-state index contributed by atoms with van der Waals surface area (Å²) in [6.45, 7) is 0. The lowest BCUT2D eigenvalue weighted by Crippen LogP contribution is -1.83. The van der Waals surface area contributed by atoms with Crippen LogP contribution >= 0.6 is 15.9 Å². The van der Waals surface area contributed by atoms with Crippen LogP contribution in [0.4, 0.5) is 0 Å². The third-order valence-corrected chi connectivity index (χ3v) is 2.38. The Hall–Kier alpha value is 0.500. The van der Waals surface area contributed by atoms with E-state index in [1.165, 1.54) is 25.7 Å². The van der Waals surface area contributed by atoms with E-state index in [1.807, 2.05) is 0 Å². The summed E-state index contributed by atoms with van der Waals surface area (Å²) in [6, 6.07) is 0. The van der Waals surface area contributed by atoms with Crippen LogP contribution in [-0.4, -0.2) is 11.1 Å². The van der Waals surface area contributed by atoms with Crippen molar-refractivity contribution in [3.05, 3.63) is 0 Å². The second kappa shape index (κ2) is 9.50. The van der Waals surface area contributed by atoms with Gasteiger partial charge >= 0.3 is 11.7 Å². The summed E-state index contributed by atoms with van der Waals surface area (Å²) in [7, 11) is 0. The van der Waals surface area contributed by atoms with Crippen molar-refractivity contribution in [2.45, 2.75) is 32.1 Å². The van der Waals surface area contributed by atoms with Crippen LogP contribution in [0.3, 0.4) is 0 Å². The Labute approximate surface area is 75.2 Å². The Kier molecular flexibility index (Phi) is 9.97. The Bertz CT molecular complexity index is 78.0. The molecule has 0 aromatic rings. The van der Waals surface area contributed by atoms with Crippen molar-refractivity contribution in [3.8, 4) is 0 Å². The Morgan fingerprint density at radius 2 is 1.60 bits per heavy atom. The lowest BCUT2D eigenvalue weighted by atomic mass is 10.2. The molecule has 0 rings (SSSR count). The molecular formula is C7H14BrOS+. The molecule has 0 heterocycles. The molecule has 0 spiro atoms. The highest BCUT2D eigenvalue weighted by Gasteiger charge is 1.96. The molecule has 0 fully saturated rings. The summed E-state index contributed by atoms with van der Waals surface area (Å²) in [4.78, 5) is 0. The fourth-order valence-electron chi connectivity index (χ4n) is 0.786. The summed E-state index contributed by atoms with van der Waals surface area (Å²) in [5.41, 5.74) is 0. The first-order chi connectivity index (χ1) is 4.91. The van der Waals surface area contributed by atoms with E-state index in [2.05, 4.69) is 15.9 Å². The van der Waals surface area contributed by atoms with Gasteiger partial charge in [-0.1, -0.05) is 28.8 Å². The molecule has 0 amide bonds. The minimum absolute atomic E-state index is 0.706. The van der Waals surface area contributed by atoms with E-state index < -0.39 is 0 Å². The highest BCUT2D eigenvalue weighted by Crippen LogP contribution is 2.03. The van der Waals surface area contributed by atoms with Gasteiger partial charge in [0, 0.05) is 16.0 Å². The second-order valence-corrected chi connectivity index (χ2v) is 3.72. The fourth-order valence-corrected chi connectivity index (χ4v) is 1.50. The van der Waals surface area contributed by atoms with Gasteiger partial charge in [0.05, 0.1) is 0 Å². The van der Waals surface area contributed by atoms with Crippen molar-refractivity contribution in [1.29, 1.82) is 0 Å². The molecule has 10 heavy (non-hydrogen) atoms. The van der Waals surface area contributed by atoms with Crippen LogP contribution in [0, 0.1) is 0 Å². The molecule has 0 saturated carbocycles. The molecular weight excluding hydrogens is 212 g/mol. The minimum Gasteiger partial charge on any atom is -0.0928 e. The van der Waals surface area contributed by atoms with Crippen molar-refractivity contribution in [2.24, 2.45) is 0 Å². The molecule has 0 aliphatic rings. The van der Waals surface area contributed by atoms with Crippen LogP contribution in [0.1, 0.15) is 32.1 Å².